The van der Waals surface area contributed by atoms with Crippen LogP contribution in [0.2, 0.25) is 0 Å². The van der Waals surface area contributed by atoms with Gasteiger partial charge in [0, 0.05) is 19.2 Å². The molecule has 1 N–H and O–H groups in total. The van der Waals surface area contributed by atoms with Crippen LogP contribution < -0.4 is 0 Å². The SMILES string of the molecule is O=S(=O)(c1ccc(F)c(F)c1)N1CCCCC1CCO. The Morgan fingerprint density at radius 1 is 1.25 bits per heavy atom. The number of aliphatic hydroxyl groups is 1. The van der Waals surface area contributed by atoms with Crippen LogP contribution in [0.15, 0.2) is 23.1 Å². The van der Waals surface area contributed by atoms with E-state index in [1.54, 1.807) is 0 Å². The van der Waals surface area contributed by atoms with E-state index in [0.29, 0.717) is 25.5 Å². The first kappa shape index (κ1) is 15.3. The molecular formula is C13H17F2NO3S. The first-order valence-electron chi connectivity index (χ1n) is 6.54. The van der Waals surface area contributed by atoms with Gasteiger partial charge in [-0.15, -0.1) is 0 Å². The van der Waals surface area contributed by atoms with Crippen molar-refractivity contribution >= 4 is 10.0 Å². The number of sulfonamides is 1. The zero-order valence-electron chi connectivity index (χ0n) is 10.9. The van der Waals surface area contributed by atoms with Crippen molar-refractivity contribution in [3.63, 3.8) is 0 Å². The Morgan fingerprint density at radius 2 is 2.00 bits per heavy atom. The van der Waals surface area contributed by atoms with Gasteiger partial charge in [0.05, 0.1) is 4.90 Å². The molecule has 1 fully saturated rings. The molecule has 0 aliphatic carbocycles. The van der Waals surface area contributed by atoms with E-state index in [1.165, 1.54) is 4.31 Å². The van der Waals surface area contributed by atoms with Gasteiger partial charge in [0.15, 0.2) is 11.6 Å². The number of rotatable bonds is 4. The van der Waals surface area contributed by atoms with Crippen molar-refractivity contribution in [2.24, 2.45) is 0 Å². The molecule has 1 aromatic carbocycles. The third kappa shape index (κ3) is 2.99. The van der Waals surface area contributed by atoms with Gasteiger partial charge in [-0.05, 0) is 37.5 Å². The van der Waals surface area contributed by atoms with E-state index >= 15 is 0 Å². The van der Waals surface area contributed by atoms with Crippen molar-refractivity contribution in [1.29, 1.82) is 0 Å². The monoisotopic (exact) mass is 305 g/mol. The molecule has 1 heterocycles. The summed E-state index contributed by atoms with van der Waals surface area (Å²) >= 11 is 0. The van der Waals surface area contributed by atoms with Crippen molar-refractivity contribution in [1.82, 2.24) is 4.31 Å². The lowest BCUT2D eigenvalue weighted by Crippen LogP contribution is -2.44. The molecule has 1 aliphatic heterocycles. The Labute approximate surface area is 117 Å². The highest BCUT2D eigenvalue weighted by Gasteiger charge is 2.33. The van der Waals surface area contributed by atoms with Gasteiger partial charge in [-0.3, -0.25) is 0 Å². The Balaban J connectivity index is 2.34. The van der Waals surface area contributed by atoms with Gasteiger partial charge in [0.1, 0.15) is 0 Å². The summed E-state index contributed by atoms with van der Waals surface area (Å²) in [6, 6.07) is 2.30. The molecule has 1 aliphatic rings. The zero-order valence-corrected chi connectivity index (χ0v) is 11.7. The quantitative estimate of drug-likeness (QED) is 0.924. The van der Waals surface area contributed by atoms with E-state index in [1.807, 2.05) is 0 Å². The van der Waals surface area contributed by atoms with Gasteiger partial charge in [-0.25, -0.2) is 17.2 Å². The summed E-state index contributed by atoms with van der Waals surface area (Å²) in [7, 11) is -3.86. The number of halogens is 2. The predicted molar refractivity (Wildman–Crippen MR) is 69.6 cm³/mol. The summed E-state index contributed by atoms with van der Waals surface area (Å²) < 4.78 is 52.4. The number of nitrogens with zero attached hydrogens (tertiary/aromatic N) is 1. The van der Waals surface area contributed by atoms with Crippen LogP contribution in [0.25, 0.3) is 0 Å². The Kier molecular flexibility index (Phi) is 4.72. The van der Waals surface area contributed by atoms with Gasteiger partial charge in [0.2, 0.25) is 10.0 Å². The Bertz CT molecular complexity index is 575. The van der Waals surface area contributed by atoms with Crippen LogP contribution in [0.5, 0.6) is 0 Å². The van der Waals surface area contributed by atoms with Gasteiger partial charge in [-0.1, -0.05) is 6.42 Å². The summed E-state index contributed by atoms with van der Waals surface area (Å²) in [5, 5.41) is 9.02. The molecule has 0 spiro atoms. The minimum absolute atomic E-state index is 0.103. The van der Waals surface area contributed by atoms with Crippen LogP contribution in [0.4, 0.5) is 8.78 Å². The molecule has 0 radical (unpaired) electrons. The smallest absolute Gasteiger partial charge is 0.243 e. The normalized spacial score (nSPS) is 21.1. The fraction of sp³-hybridized carbons (Fsp3) is 0.538. The van der Waals surface area contributed by atoms with Crippen LogP contribution in [-0.4, -0.2) is 37.0 Å². The Morgan fingerprint density at radius 3 is 2.65 bits per heavy atom. The largest absolute Gasteiger partial charge is 0.396 e. The summed E-state index contributed by atoms with van der Waals surface area (Å²) in [4.78, 5) is -0.249. The molecule has 2 rings (SSSR count). The second-order valence-corrected chi connectivity index (χ2v) is 6.74. The summed E-state index contributed by atoms with van der Waals surface area (Å²) in [5.41, 5.74) is 0. The van der Waals surface area contributed by atoms with Crippen molar-refractivity contribution in [3.8, 4) is 0 Å². The summed E-state index contributed by atoms with van der Waals surface area (Å²) in [6.07, 6.45) is 2.64. The lowest BCUT2D eigenvalue weighted by Gasteiger charge is -2.34. The van der Waals surface area contributed by atoms with Gasteiger partial charge < -0.3 is 5.11 Å². The maximum Gasteiger partial charge on any atom is 0.243 e. The van der Waals surface area contributed by atoms with E-state index in [-0.39, 0.29) is 17.5 Å². The highest BCUT2D eigenvalue weighted by atomic mass is 32.2. The first-order chi connectivity index (χ1) is 9.46. The van der Waals surface area contributed by atoms with E-state index in [9.17, 15) is 17.2 Å². The average molecular weight is 305 g/mol. The molecule has 1 aromatic rings. The second-order valence-electron chi connectivity index (χ2n) is 4.85. The van der Waals surface area contributed by atoms with Crippen LogP contribution in [0.3, 0.4) is 0 Å². The maximum absolute atomic E-state index is 13.2. The molecule has 1 atom stereocenters. The molecule has 0 bridgehead atoms. The van der Waals surface area contributed by atoms with Crippen LogP contribution in [0.1, 0.15) is 25.7 Å². The molecule has 7 heteroatoms. The lowest BCUT2D eigenvalue weighted by molar-refractivity contribution is 0.192. The lowest BCUT2D eigenvalue weighted by atomic mass is 10.0. The third-order valence-electron chi connectivity index (χ3n) is 3.53. The average Bonchev–Trinajstić information content (AvgIpc) is 2.42. The number of benzene rings is 1. The first-order valence-corrected chi connectivity index (χ1v) is 7.98. The summed E-state index contributed by atoms with van der Waals surface area (Å²) in [5.74, 6) is -2.25. The van der Waals surface area contributed by atoms with Crippen LogP contribution >= 0.6 is 0 Å². The van der Waals surface area contributed by atoms with Gasteiger partial charge in [-0.2, -0.15) is 4.31 Å². The minimum Gasteiger partial charge on any atom is -0.396 e. The number of piperidine rings is 1. The summed E-state index contributed by atoms with van der Waals surface area (Å²) in [6.45, 7) is 0.237. The molecule has 1 unspecified atom stereocenters. The fourth-order valence-corrected chi connectivity index (χ4v) is 4.24. The molecule has 4 nitrogen and oxygen atoms in total. The Hall–Kier alpha value is -1.05. The number of aliphatic hydroxyl groups excluding tert-OH is 1. The van der Waals surface area contributed by atoms with Crippen molar-refractivity contribution < 1.29 is 22.3 Å². The third-order valence-corrected chi connectivity index (χ3v) is 5.48. The molecular weight excluding hydrogens is 288 g/mol. The topological polar surface area (TPSA) is 57.6 Å². The maximum atomic E-state index is 13.2. The second kappa shape index (κ2) is 6.15. The zero-order chi connectivity index (χ0) is 14.8. The van der Waals surface area contributed by atoms with E-state index in [2.05, 4.69) is 0 Å². The highest BCUT2D eigenvalue weighted by molar-refractivity contribution is 7.89. The van der Waals surface area contributed by atoms with Gasteiger partial charge in [0.25, 0.3) is 0 Å². The molecule has 0 saturated carbocycles. The number of hydrogen-bond donors (Lipinski definition) is 1. The molecule has 20 heavy (non-hydrogen) atoms. The van der Waals surface area contributed by atoms with Crippen LogP contribution in [-0.2, 0) is 10.0 Å². The van der Waals surface area contributed by atoms with Crippen molar-refractivity contribution in [2.75, 3.05) is 13.2 Å². The van der Waals surface area contributed by atoms with E-state index in [4.69, 9.17) is 5.11 Å². The van der Waals surface area contributed by atoms with Crippen molar-refractivity contribution in [2.45, 2.75) is 36.6 Å². The fourth-order valence-electron chi connectivity index (χ4n) is 2.50. The molecule has 112 valence electrons. The highest BCUT2D eigenvalue weighted by Crippen LogP contribution is 2.27. The van der Waals surface area contributed by atoms with Gasteiger partial charge >= 0.3 is 0 Å². The standard InChI is InChI=1S/C13H17F2NO3S/c14-12-5-4-11(9-13(12)15)20(18,19)16-7-2-1-3-10(16)6-8-17/h4-5,9-10,17H,1-3,6-8H2. The predicted octanol–water partition coefficient (Wildman–Crippen LogP) is 1.89. The molecule has 1 saturated heterocycles. The number of hydrogen-bond acceptors (Lipinski definition) is 3. The molecule has 0 aromatic heterocycles. The minimum atomic E-state index is -3.86. The molecule has 0 amide bonds. The van der Waals surface area contributed by atoms with Crippen LogP contribution in [0, 0.1) is 11.6 Å². The van der Waals surface area contributed by atoms with E-state index in [0.717, 1.165) is 25.0 Å². The van der Waals surface area contributed by atoms with Crippen molar-refractivity contribution in [3.05, 3.63) is 29.8 Å². The van der Waals surface area contributed by atoms with E-state index < -0.39 is 21.7 Å².